The van der Waals surface area contributed by atoms with Gasteiger partial charge in [0.2, 0.25) is 0 Å². The van der Waals surface area contributed by atoms with Gasteiger partial charge in [0.1, 0.15) is 0 Å². The fraction of sp³-hybridized carbons (Fsp3) is 0.600. The van der Waals surface area contributed by atoms with Crippen LogP contribution in [0.1, 0.15) is 44.2 Å². The van der Waals surface area contributed by atoms with E-state index in [1.807, 2.05) is 23.9 Å². The molecule has 1 aliphatic rings. The van der Waals surface area contributed by atoms with Gasteiger partial charge in [0.15, 0.2) is 0 Å². The maximum atomic E-state index is 6.04. The van der Waals surface area contributed by atoms with Gasteiger partial charge in [-0.05, 0) is 56.6 Å². The largest absolute Gasteiger partial charge is 0.307 e. The molecular formula is C15H22ClNS. The highest BCUT2D eigenvalue weighted by Crippen LogP contribution is 2.28. The maximum absolute atomic E-state index is 6.04. The van der Waals surface area contributed by atoms with Crippen LogP contribution in [0.25, 0.3) is 0 Å². The standard InChI is InChI=1S/C15H22ClNS/c1-11(12-4-3-5-13(16)10-12)17-14-6-8-15(18-2)9-7-14/h3-5,10-11,14-15,17H,6-9H2,1-2H3. The highest BCUT2D eigenvalue weighted by molar-refractivity contribution is 7.99. The van der Waals surface area contributed by atoms with Crippen molar-refractivity contribution in [1.29, 1.82) is 0 Å². The number of hydrogen-bond donors (Lipinski definition) is 1. The molecule has 1 N–H and O–H groups in total. The van der Waals surface area contributed by atoms with Gasteiger partial charge < -0.3 is 5.32 Å². The van der Waals surface area contributed by atoms with Crippen molar-refractivity contribution in [2.75, 3.05) is 6.26 Å². The molecule has 18 heavy (non-hydrogen) atoms. The Bertz CT molecular complexity index is 375. The molecule has 1 unspecified atom stereocenters. The molecule has 0 aromatic heterocycles. The molecule has 1 saturated carbocycles. The Balaban J connectivity index is 1.86. The summed E-state index contributed by atoms with van der Waals surface area (Å²) in [6.45, 7) is 2.23. The summed E-state index contributed by atoms with van der Waals surface area (Å²) in [5.74, 6) is 0. The summed E-state index contributed by atoms with van der Waals surface area (Å²) in [7, 11) is 0. The minimum atomic E-state index is 0.388. The van der Waals surface area contributed by atoms with Crippen LogP contribution < -0.4 is 5.32 Å². The van der Waals surface area contributed by atoms with Gasteiger partial charge >= 0.3 is 0 Å². The zero-order valence-corrected chi connectivity index (χ0v) is 12.7. The van der Waals surface area contributed by atoms with Gasteiger partial charge in [-0.25, -0.2) is 0 Å². The van der Waals surface area contributed by atoms with Crippen molar-refractivity contribution in [3.05, 3.63) is 34.9 Å². The summed E-state index contributed by atoms with van der Waals surface area (Å²) < 4.78 is 0. The van der Waals surface area contributed by atoms with E-state index in [1.54, 1.807) is 0 Å². The second-order valence-electron chi connectivity index (χ2n) is 5.15. The first-order valence-corrected chi connectivity index (χ1v) is 8.40. The summed E-state index contributed by atoms with van der Waals surface area (Å²) in [6.07, 6.45) is 7.53. The molecule has 0 heterocycles. The second kappa shape index (κ2) is 6.83. The number of rotatable bonds is 4. The monoisotopic (exact) mass is 283 g/mol. The van der Waals surface area contributed by atoms with E-state index in [4.69, 9.17) is 11.6 Å². The van der Waals surface area contributed by atoms with E-state index in [0.717, 1.165) is 10.3 Å². The number of benzene rings is 1. The summed E-state index contributed by atoms with van der Waals surface area (Å²) in [5, 5.41) is 5.44. The molecule has 0 aliphatic heterocycles. The van der Waals surface area contributed by atoms with Gasteiger partial charge in [-0.2, -0.15) is 11.8 Å². The molecule has 0 radical (unpaired) electrons. The first-order chi connectivity index (χ1) is 8.69. The third-order valence-corrected chi connectivity index (χ3v) is 5.22. The van der Waals surface area contributed by atoms with Crippen LogP contribution in [0.15, 0.2) is 24.3 Å². The zero-order valence-electron chi connectivity index (χ0n) is 11.2. The van der Waals surface area contributed by atoms with Gasteiger partial charge in [-0.1, -0.05) is 23.7 Å². The van der Waals surface area contributed by atoms with Crippen LogP contribution in [0.2, 0.25) is 5.02 Å². The molecule has 3 heteroatoms. The first-order valence-electron chi connectivity index (χ1n) is 6.73. The highest BCUT2D eigenvalue weighted by Gasteiger charge is 2.21. The summed E-state index contributed by atoms with van der Waals surface area (Å²) >= 11 is 8.06. The van der Waals surface area contributed by atoms with Crippen LogP contribution in [0.5, 0.6) is 0 Å². The topological polar surface area (TPSA) is 12.0 Å². The fourth-order valence-corrected chi connectivity index (χ4v) is 3.63. The Labute approximate surface area is 120 Å². The van der Waals surface area contributed by atoms with E-state index < -0.39 is 0 Å². The highest BCUT2D eigenvalue weighted by atomic mass is 35.5. The maximum Gasteiger partial charge on any atom is 0.0409 e. The van der Waals surface area contributed by atoms with Gasteiger partial charge in [-0.3, -0.25) is 0 Å². The quantitative estimate of drug-likeness (QED) is 0.862. The molecule has 2 rings (SSSR count). The molecule has 0 amide bonds. The molecule has 0 spiro atoms. The van der Waals surface area contributed by atoms with E-state index >= 15 is 0 Å². The zero-order chi connectivity index (χ0) is 13.0. The van der Waals surface area contributed by atoms with Gasteiger partial charge in [-0.15, -0.1) is 0 Å². The molecule has 1 atom stereocenters. The number of halogens is 1. The molecule has 100 valence electrons. The van der Waals surface area contributed by atoms with E-state index in [2.05, 4.69) is 30.6 Å². The van der Waals surface area contributed by atoms with Crippen LogP contribution in [0.3, 0.4) is 0 Å². The smallest absolute Gasteiger partial charge is 0.0409 e. The molecule has 1 aromatic carbocycles. The Kier molecular flexibility index (Phi) is 5.40. The molecular weight excluding hydrogens is 262 g/mol. The predicted octanol–water partition coefficient (Wildman–Crippen LogP) is 4.66. The fourth-order valence-electron chi connectivity index (χ4n) is 2.69. The van der Waals surface area contributed by atoms with Crippen molar-refractivity contribution in [3.8, 4) is 0 Å². The number of nitrogens with one attached hydrogen (secondary N) is 1. The van der Waals surface area contributed by atoms with Crippen LogP contribution in [-0.4, -0.2) is 17.5 Å². The van der Waals surface area contributed by atoms with Crippen molar-refractivity contribution < 1.29 is 0 Å². The summed E-state index contributed by atoms with van der Waals surface area (Å²) in [5.41, 5.74) is 1.29. The van der Waals surface area contributed by atoms with Crippen LogP contribution in [-0.2, 0) is 0 Å². The SMILES string of the molecule is CSC1CCC(NC(C)c2cccc(Cl)c2)CC1. The lowest BCUT2D eigenvalue weighted by Gasteiger charge is -2.30. The third-order valence-electron chi connectivity index (χ3n) is 3.84. The van der Waals surface area contributed by atoms with Crippen molar-refractivity contribution in [1.82, 2.24) is 5.32 Å². The third kappa shape index (κ3) is 3.91. The van der Waals surface area contributed by atoms with Crippen LogP contribution >= 0.6 is 23.4 Å². The lowest BCUT2D eigenvalue weighted by Crippen LogP contribution is -2.35. The molecule has 0 saturated heterocycles. The van der Waals surface area contributed by atoms with E-state index in [1.165, 1.54) is 31.2 Å². The lowest BCUT2D eigenvalue weighted by molar-refractivity contribution is 0.352. The van der Waals surface area contributed by atoms with E-state index in [-0.39, 0.29) is 0 Å². The average molecular weight is 284 g/mol. The Morgan fingerprint density at radius 3 is 2.61 bits per heavy atom. The van der Waals surface area contributed by atoms with Crippen molar-refractivity contribution in [3.63, 3.8) is 0 Å². The Morgan fingerprint density at radius 2 is 2.00 bits per heavy atom. The van der Waals surface area contributed by atoms with Crippen molar-refractivity contribution in [2.24, 2.45) is 0 Å². The molecule has 0 bridgehead atoms. The molecule has 1 fully saturated rings. The summed E-state index contributed by atoms with van der Waals surface area (Å²) in [6, 6.07) is 9.23. The Morgan fingerprint density at radius 1 is 1.28 bits per heavy atom. The predicted molar refractivity (Wildman–Crippen MR) is 82.6 cm³/mol. The number of thioether (sulfide) groups is 1. The lowest BCUT2D eigenvalue weighted by atomic mass is 9.94. The van der Waals surface area contributed by atoms with E-state index in [0.29, 0.717) is 12.1 Å². The number of hydrogen-bond acceptors (Lipinski definition) is 2. The summed E-state index contributed by atoms with van der Waals surface area (Å²) in [4.78, 5) is 0. The molecule has 1 aliphatic carbocycles. The normalized spacial score (nSPS) is 25.9. The van der Waals surface area contributed by atoms with Crippen molar-refractivity contribution in [2.45, 2.75) is 49.9 Å². The van der Waals surface area contributed by atoms with E-state index in [9.17, 15) is 0 Å². The molecule has 1 aromatic rings. The van der Waals surface area contributed by atoms with Crippen molar-refractivity contribution >= 4 is 23.4 Å². The minimum absolute atomic E-state index is 0.388. The first kappa shape index (κ1) is 14.2. The van der Waals surface area contributed by atoms with Crippen LogP contribution in [0.4, 0.5) is 0 Å². The van der Waals surface area contributed by atoms with Gasteiger partial charge in [0.25, 0.3) is 0 Å². The Hall–Kier alpha value is -0.180. The molecule has 1 nitrogen and oxygen atoms in total. The van der Waals surface area contributed by atoms with Gasteiger partial charge in [0, 0.05) is 22.4 Å². The minimum Gasteiger partial charge on any atom is -0.307 e. The van der Waals surface area contributed by atoms with Gasteiger partial charge in [0.05, 0.1) is 0 Å². The van der Waals surface area contributed by atoms with Crippen LogP contribution in [0, 0.1) is 0 Å². The average Bonchev–Trinajstić information content (AvgIpc) is 2.39. The second-order valence-corrected chi connectivity index (χ2v) is 6.73.